The Morgan fingerprint density at radius 2 is 1.90 bits per heavy atom. The molecule has 1 fully saturated rings. The zero-order chi connectivity index (χ0) is 21.1. The van der Waals surface area contributed by atoms with Gasteiger partial charge < -0.3 is 14.5 Å². The highest BCUT2D eigenvalue weighted by Gasteiger charge is 2.27. The molecule has 1 aliphatic heterocycles. The second-order valence-corrected chi connectivity index (χ2v) is 7.17. The highest BCUT2D eigenvalue weighted by atomic mass is 35.5. The molecular formula is C20H22ClN7O2. The predicted octanol–water partition coefficient (Wildman–Crippen LogP) is 2.24. The molecule has 1 aromatic carbocycles. The SMILES string of the molecule is CCc1nc(C(=O)N2CCN(c3cncc(OC)n3)CC2)nn1-c1ccccc1Cl. The van der Waals surface area contributed by atoms with Crippen molar-refractivity contribution in [3.8, 4) is 11.6 Å². The highest BCUT2D eigenvalue weighted by molar-refractivity contribution is 6.32. The standard InChI is InChI=1S/C20H22ClN7O2/c1-3-16-24-19(25-28(16)15-7-5-4-6-14(15)21)20(29)27-10-8-26(9-11-27)17-12-22-13-18(23-17)30-2/h4-7,12-13H,3,8-11H2,1-2H3. The van der Waals surface area contributed by atoms with Gasteiger partial charge in [0.15, 0.2) is 5.82 Å². The Hall–Kier alpha value is -3.20. The Kier molecular flexibility index (Phi) is 5.80. The molecule has 4 rings (SSSR count). The summed E-state index contributed by atoms with van der Waals surface area (Å²) in [5.74, 6) is 1.88. The number of aromatic nitrogens is 5. The highest BCUT2D eigenvalue weighted by Crippen LogP contribution is 2.21. The summed E-state index contributed by atoms with van der Waals surface area (Å²) in [6.07, 6.45) is 3.89. The molecule has 0 atom stereocenters. The molecule has 0 bridgehead atoms. The second-order valence-electron chi connectivity index (χ2n) is 6.77. The smallest absolute Gasteiger partial charge is 0.293 e. The van der Waals surface area contributed by atoms with Crippen molar-refractivity contribution in [3.63, 3.8) is 0 Å². The van der Waals surface area contributed by atoms with E-state index in [0.29, 0.717) is 55.0 Å². The number of nitrogens with zero attached hydrogens (tertiary/aromatic N) is 7. The summed E-state index contributed by atoms with van der Waals surface area (Å²) in [7, 11) is 1.56. The molecule has 0 radical (unpaired) electrons. The molecule has 1 saturated heterocycles. The zero-order valence-corrected chi connectivity index (χ0v) is 17.6. The minimum atomic E-state index is -0.188. The first-order chi connectivity index (χ1) is 14.6. The first-order valence-electron chi connectivity index (χ1n) is 9.71. The lowest BCUT2D eigenvalue weighted by atomic mass is 10.3. The topological polar surface area (TPSA) is 89.3 Å². The molecule has 3 heterocycles. The van der Waals surface area contributed by atoms with Gasteiger partial charge in [0.2, 0.25) is 11.7 Å². The normalized spacial score (nSPS) is 14.1. The van der Waals surface area contributed by atoms with Gasteiger partial charge in [-0.1, -0.05) is 30.7 Å². The number of amides is 1. The van der Waals surface area contributed by atoms with E-state index in [4.69, 9.17) is 16.3 Å². The summed E-state index contributed by atoms with van der Waals surface area (Å²) in [4.78, 5) is 29.9. The van der Waals surface area contributed by atoms with Crippen LogP contribution in [-0.2, 0) is 6.42 Å². The van der Waals surface area contributed by atoms with E-state index in [1.165, 1.54) is 0 Å². The number of methoxy groups -OCH3 is 1. The second kappa shape index (κ2) is 8.66. The number of halogens is 1. The van der Waals surface area contributed by atoms with Crippen molar-refractivity contribution in [2.24, 2.45) is 0 Å². The molecule has 0 unspecified atom stereocenters. The number of aryl methyl sites for hydroxylation is 1. The first-order valence-corrected chi connectivity index (χ1v) is 10.1. The molecule has 156 valence electrons. The van der Waals surface area contributed by atoms with Gasteiger partial charge >= 0.3 is 0 Å². The zero-order valence-electron chi connectivity index (χ0n) is 16.8. The molecule has 1 amide bonds. The van der Waals surface area contributed by atoms with Crippen molar-refractivity contribution in [1.82, 2.24) is 29.6 Å². The minimum absolute atomic E-state index is 0.182. The molecule has 0 saturated carbocycles. The maximum Gasteiger partial charge on any atom is 0.293 e. The quantitative estimate of drug-likeness (QED) is 0.616. The number of carbonyl (C=O) groups excluding carboxylic acids is 1. The van der Waals surface area contributed by atoms with Gasteiger partial charge in [-0.05, 0) is 12.1 Å². The molecule has 2 aromatic heterocycles. The molecule has 9 nitrogen and oxygen atoms in total. The summed E-state index contributed by atoms with van der Waals surface area (Å²) in [6, 6.07) is 7.38. The Labute approximate surface area is 179 Å². The van der Waals surface area contributed by atoms with E-state index in [1.54, 1.807) is 35.2 Å². The van der Waals surface area contributed by atoms with E-state index in [-0.39, 0.29) is 11.7 Å². The van der Waals surface area contributed by atoms with E-state index in [0.717, 1.165) is 5.82 Å². The van der Waals surface area contributed by atoms with Gasteiger partial charge in [0.25, 0.3) is 5.91 Å². The van der Waals surface area contributed by atoms with E-state index in [1.807, 2.05) is 25.1 Å². The van der Waals surface area contributed by atoms with Gasteiger partial charge in [0.05, 0.1) is 30.2 Å². The number of hydrogen-bond acceptors (Lipinski definition) is 7. The fourth-order valence-corrected chi connectivity index (χ4v) is 3.57. The number of ether oxygens (including phenoxy) is 1. The van der Waals surface area contributed by atoms with Crippen LogP contribution in [-0.4, -0.2) is 68.8 Å². The first kappa shape index (κ1) is 20.1. The fourth-order valence-electron chi connectivity index (χ4n) is 3.35. The van der Waals surface area contributed by atoms with E-state index >= 15 is 0 Å². The van der Waals surface area contributed by atoms with Crippen molar-refractivity contribution in [2.45, 2.75) is 13.3 Å². The van der Waals surface area contributed by atoms with Crippen LogP contribution < -0.4 is 9.64 Å². The number of anilines is 1. The van der Waals surface area contributed by atoms with Gasteiger partial charge in [-0.3, -0.25) is 9.78 Å². The van der Waals surface area contributed by atoms with Crippen molar-refractivity contribution < 1.29 is 9.53 Å². The van der Waals surface area contributed by atoms with Crippen LogP contribution in [0.2, 0.25) is 5.02 Å². The lowest BCUT2D eigenvalue weighted by molar-refractivity contribution is 0.0734. The van der Waals surface area contributed by atoms with Gasteiger partial charge in [0, 0.05) is 32.6 Å². The van der Waals surface area contributed by atoms with Crippen molar-refractivity contribution in [2.75, 3.05) is 38.2 Å². The number of rotatable bonds is 5. The molecular weight excluding hydrogens is 406 g/mol. The van der Waals surface area contributed by atoms with Crippen LogP contribution in [0.15, 0.2) is 36.7 Å². The van der Waals surface area contributed by atoms with Crippen molar-refractivity contribution in [1.29, 1.82) is 0 Å². The van der Waals surface area contributed by atoms with Crippen LogP contribution in [0.5, 0.6) is 5.88 Å². The number of carbonyl (C=O) groups is 1. The van der Waals surface area contributed by atoms with E-state index in [2.05, 4.69) is 25.0 Å². The van der Waals surface area contributed by atoms with Crippen LogP contribution >= 0.6 is 11.6 Å². The summed E-state index contributed by atoms with van der Waals surface area (Å²) < 4.78 is 6.79. The summed E-state index contributed by atoms with van der Waals surface area (Å²) >= 11 is 6.31. The molecule has 30 heavy (non-hydrogen) atoms. The molecule has 0 aliphatic carbocycles. The summed E-state index contributed by atoms with van der Waals surface area (Å²) in [5.41, 5.74) is 0.712. The number of benzene rings is 1. The van der Waals surface area contributed by atoms with Crippen LogP contribution in [0.1, 0.15) is 23.4 Å². The minimum Gasteiger partial charge on any atom is -0.480 e. The Balaban J connectivity index is 1.49. The summed E-state index contributed by atoms with van der Waals surface area (Å²) in [5, 5.41) is 5.02. The van der Waals surface area contributed by atoms with Crippen LogP contribution in [0, 0.1) is 0 Å². The number of para-hydroxylation sites is 1. The third-order valence-electron chi connectivity index (χ3n) is 4.96. The summed E-state index contributed by atoms with van der Waals surface area (Å²) in [6.45, 7) is 4.33. The van der Waals surface area contributed by atoms with Crippen LogP contribution in [0.3, 0.4) is 0 Å². The van der Waals surface area contributed by atoms with E-state index < -0.39 is 0 Å². The molecule has 3 aromatic rings. The largest absolute Gasteiger partial charge is 0.480 e. The predicted molar refractivity (Wildman–Crippen MR) is 112 cm³/mol. The molecule has 0 N–H and O–H groups in total. The van der Waals surface area contributed by atoms with Crippen molar-refractivity contribution in [3.05, 3.63) is 53.3 Å². The van der Waals surface area contributed by atoms with E-state index in [9.17, 15) is 4.79 Å². The van der Waals surface area contributed by atoms with Gasteiger partial charge in [-0.15, -0.1) is 5.10 Å². The Morgan fingerprint density at radius 3 is 2.60 bits per heavy atom. The van der Waals surface area contributed by atoms with Gasteiger partial charge in [-0.25, -0.2) is 9.67 Å². The monoisotopic (exact) mass is 427 g/mol. The maximum absolute atomic E-state index is 13.0. The van der Waals surface area contributed by atoms with Crippen LogP contribution in [0.4, 0.5) is 5.82 Å². The number of piperazine rings is 1. The van der Waals surface area contributed by atoms with Crippen molar-refractivity contribution >= 4 is 23.3 Å². The average Bonchev–Trinajstić information content (AvgIpc) is 3.23. The van der Waals surface area contributed by atoms with Gasteiger partial charge in [0.1, 0.15) is 5.82 Å². The Morgan fingerprint density at radius 1 is 1.13 bits per heavy atom. The number of hydrogen-bond donors (Lipinski definition) is 0. The molecule has 0 spiro atoms. The Bertz CT molecular complexity index is 1050. The third-order valence-corrected chi connectivity index (χ3v) is 5.28. The molecule has 10 heteroatoms. The average molecular weight is 428 g/mol. The third kappa shape index (κ3) is 3.93. The maximum atomic E-state index is 13.0. The van der Waals surface area contributed by atoms with Crippen LogP contribution in [0.25, 0.3) is 5.69 Å². The fraction of sp³-hybridized carbons (Fsp3) is 0.350. The lowest BCUT2D eigenvalue weighted by Crippen LogP contribution is -2.49. The molecule has 1 aliphatic rings. The van der Waals surface area contributed by atoms with Gasteiger partial charge in [-0.2, -0.15) is 4.98 Å². The lowest BCUT2D eigenvalue weighted by Gasteiger charge is -2.34.